The third kappa shape index (κ3) is 4.77. The summed E-state index contributed by atoms with van der Waals surface area (Å²) in [6.07, 6.45) is -3.34. The molecule has 1 aromatic carbocycles. The van der Waals surface area contributed by atoms with Crippen LogP contribution >= 0.6 is 0 Å². The van der Waals surface area contributed by atoms with Crippen LogP contribution in [0.1, 0.15) is 23.6 Å². The molecule has 1 aromatic rings. The Balaban J connectivity index is 1.81. The summed E-state index contributed by atoms with van der Waals surface area (Å²) in [5.41, 5.74) is 2.45. The standard InChI is InChI=1S/C14H19F3N2O/c15-14(16,17)10-20-8-7-19-13-5-6-18-9-11-3-1-2-4-12(11)13/h1-4,13,18-19H,5-10H2. The van der Waals surface area contributed by atoms with E-state index in [9.17, 15) is 13.2 Å². The molecule has 112 valence electrons. The Morgan fingerprint density at radius 3 is 2.90 bits per heavy atom. The van der Waals surface area contributed by atoms with Crippen LogP contribution in [0.5, 0.6) is 0 Å². The Hall–Kier alpha value is -1.11. The summed E-state index contributed by atoms with van der Waals surface area (Å²) >= 11 is 0. The van der Waals surface area contributed by atoms with Gasteiger partial charge >= 0.3 is 6.18 Å². The number of hydrogen-bond acceptors (Lipinski definition) is 3. The quantitative estimate of drug-likeness (QED) is 0.816. The minimum Gasteiger partial charge on any atom is -0.371 e. The van der Waals surface area contributed by atoms with Gasteiger partial charge in [-0.1, -0.05) is 24.3 Å². The van der Waals surface area contributed by atoms with Gasteiger partial charge in [-0.3, -0.25) is 0 Å². The van der Waals surface area contributed by atoms with Crippen LogP contribution in [0.25, 0.3) is 0 Å². The van der Waals surface area contributed by atoms with Crippen molar-refractivity contribution in [2.45, 2.75) is 25.2 Å². The van der Waals surface area contributed by atoms with Crippen molar-refractivity contribution in [3.8, 4) is 0 Å². The molecule has 1 heterocycles. The third-order valence-corrected chi connectivity index (χ3v) is 3.26. The van der Waals surface area contributed by atoms with Gasteiger partial charge in [-0.05, 0) is 24.1 Å². The number of hydrogen-bond donors (Lipinski definition) is 2. The van der Waals surface area contributed by atoms with Crippen LogP contribution in [0.3, 0.4) is 0 Å². The summed E-state index contributed by atoms with van der Waals surface area (Å²) in [5.74, 6) is 0. The molecule has 2 rings (SSSR count). The average Bonchev–Trinajstić information content (AvgIpc) is 2.60. The fourth-order valence-electron chi connectivity index (χ4n) is 2.37. The smallest absolute Gasteiger partial charge is 0.371 e. The first-order chi connectivity index (χ1) is 9.56. The molecule has 0 spiro atoms. The molecule has 0 saturated carbocycles. The zero-order valence-electron chi connectivity index (χ0n) is 11.2. The zero-order chi connectivity index (χ0) is 14.4. The molecule has 0 saturated heterocycles. The zero-order valence-corrected chi connectivity index (χ0v) is 11.2. The van der Waals surface area contributed by atoms with E-state index < -0.39 is 12.8 Å². The second-order valence-electron chi connectivity index (χ2n) is 4.84. The molecule has 1 unspecified atom stereocenters. The fraction of sp³-hybridized carbons (Fsp3) is 0.571. The van der Waals surface area contributed by atoms with E-state index in [1.807, 2.05) is 12.1 Å². The van der Waals surface area contributed by atoms with Crippen molar-refractivity contribution >= 4 is 0 Å². The van der Waals surface area contributed by atoms with E-state index in [4.69, 9.17) is 0 Å². The summed E-state index contributed by atoms with van der Waals surface area (Å²) < 4.78 is 40.4. The largest absolute Gasteiger partial charge is 0.411 e. The molecule has 0 aliphatic carbocycles. The molecule has 1 aliphatic rings. The Bertz CT molecular complexity index is 423. The number of fused-ring (bicyclic) bond motifs is 1. The lowest BCUT2D eigenvalue weighted by Crippen LogP contribution is -2.28. The summed E-state index contributed by atoms with van der Waals surface area (Å²) in [6.45, 7) is 1.01. The van der Waals surface area contributed by atoms with E-state index in [-0.39, 0.29) is 12.6 Å². The molecule has 1 atom stereocenters. The number of halogens is 3. The van der Waals surface area contributed by atoms with E-state index >= 15 is 0 Å². The van der Waals surface area contributed by atoms with Gasteiger partial charge in [0.05, 0.1) is 6.61 Å². The number of ether oxygens (including phenoxy) is 1. The Morgan fingerprint density at radius 2 is 2.10 bits per heavy atom. The van der Waals surface area contributed by atoms with E-state index in [0.29, 0.717) is 6.54 Å². The highest BCUT2D eigenvalue weighted by Crippen LogP contribution is 2.23. The van der Waals surface area contributed by atoms with Gasteiger partial charge in [-0.15, -0.1) is 0 Å². The number of benzene rings is 1. The molecule has 6 heteroatoms. The molecular weight excluding hydrogens is 269 g/mol. The molecule has 1 aliphatic heterocycles. The maximum Gasteiger partial charge on any atom is 0.411 e. The van der Waals surface area contributed by atoms with Crippen LogP contribution in [0, 0.1) is 0 Å². The van der Waals surface area contributed by atoms with Crippen molar-refractivity contribution in [2.24, 2.45) is 0 Å². The molecule has 0 fully saturated rings. The minimum absolute atomic E-state index is 0.0611. The number of alkyl halides is 3. The van der Waals surface area contributed by atoms with E-state index in [1.165, 1.54) is 11.1 Å². The van der Waals surface area contributed by atoms with Gasteiger partial charge in [0, 0.05) is 19.1 Å². The summed E-state index contributed by atoms with van der Waals surface area (Å²) in [6, 6.07) is 8.28. The molecule has 3 nitrogen and oxygen atoms in total. The van der Waals surface area contributed by atoms with Crippen LogP contribution in [0.4, 0.5) is 13.2 Å². The second kappa shape index (κ2) is 7.06. The lowest BCUT2D eigenvalue weighted by Gasteiger charge is -2.19. The van der Waals surface area contributed by atoms with Crippen LogP contribution in [0.2, 0.25) is 0 Å². The maximum absolute atomic E-state index is 11.9. The van der Waals surface area contributed by atoms with Crippen LogP contribution in [0.15, 0.2) is 24.3 Å². The fourth-order valence-corrected chi connectivity index (χ4v) is 2.37. The monoisotopic (exact) mass is 288 g/mol. The highest BCUT2D eigenvalue weighted by atomic mass is 19.4. The predicted octanol–water partition coefficient (Wildman–Crippen LogP) is 2.39. The van der Waals surface area contributed by atoms with Gasteiger partial charge < -0.3 is 15.4 Å². The molecule has 0 aromatic heterocycles. The predicted molar refractivity (Wildman–Crippen MR) is 70.4 cm³/mol. The van der Waals surface area contributed by atoms with Gasteiger partial charge in [0.1, 0.15) is 6.61 Å². The first kappa shape index (κ1) is 15.3. The summed E-state index contributed by atoms with van der Waals surface area (Å²) in [5, 5.41) is 6.61. The molecule has 0 radical (unpaired) electrons. The Labute approximate surface area is 116 Å². The van der Waals surface area contributed by atoms with Crippen LogP contribution < -0.4 is 10.6 Å². The van der Waals surface area contributed by atoms with Crippen LogP contribution in [-0.2, 0) is 11.3 Å². The maximum atomic E-state index is 11.9. The van der Waals surface area contributed by atoms with Crippen molar-refractivity contribution in [2.75, 3.05) is 26.3 Å². The molecule has 2 N–H and O–H groups in total. The van der Waals surface area contributed by atoms with E-state index in [2.05, 4.69) is 27.5 Å². The van der Waals surface area contributed by atoms with Crippen LogP contribution in [-0.4, -0.2) is 32.5 Å². The summed E-state index contributed by atoms with van der Waals surface area (Å²) in [7, 11) is 0. The van der Waals surface area contributed by atoms with Crippen molar-refractivity contribution in [3.63, 3.8) is 0 Å². The SMILES string of the molecule is FC(F)(F)COCCNC1CCNCc2ccccc21. The van der Waals surface area contributed by atoms with Gasteiger partial charge in [0.15, 0.2) is 0 Å². The molecule has 0 amide bonds. The Kier molecular flexibility index (Phi) is 5.39. The molecule has 20 heavy (non-hydrogen) atoms. The average molecular weight is 288 g/mol. The number of rotatable bonds is 5. The van der Waals surface area contributed by atoms with Crippen molar-refractivity contribution in [1.82, 2.24) is 10.6 Å². The Morgan fingerprint density at radius 1 is 1.30 bits per heavy atom. The number of nitrogens with one attached hydrogen (secondary N) is 2. The lowest BCUT2D eigenvalue weighted by molar-refractivity contribution is -0.173. The van der Waals surface area contributed by atoms with Crippen molar-refractivity contribution in [3.05, 3.63) is 35.4 Å². The first-order valence-corrected chi connectivity index (χ1v) is 6.73. The van der Waals surface area contributed by atoms with E-state index in [1.54, 1.807) is 0 Å². The van der Waals surface area contributed by atoms with Gasteiger partial charge in [-0.25, -0.2) is 0 Å². The van der Waals surface area contributed by atoms with Gasteiger partial charge in [-0.2, -0.15) is 13.2 Å². The van der Waals surface area contributed by atoms with E-state index in [0.717, 1.165) is 19.5 Å². The van der Waals surface area contributed by atoms with Gasteiger partial charge in [0.2, 0.25) is 0 Å². The first-order valence-electron chi connectivity index (χ1n) is 6.73. The summed E-state index contributed by atoms with van der Waals surface area (Å²) in [4.78, 5) is 0. The van der Waals surface area contributed by atoms with Crippen molar-refractivity contribution < 1.29 is 17.9 Å². The lowest BCUT2D eigenvalue weighted by atomic mass is 9.99. The third-order valence-electron chi connectivity index (χ3n) is 3.26. The topological polar surface area (TPSA) is 33.3 Å². The minimum atomic E-state index is -4.25. The van der Waals surface area contributed by atoms with Crippen molar-refractivity contribution in [1.29, 1.82) is 0 Å². The normalized spacial score (nSPS) is 19.4. The molecule has 0 bridgehead atoms. The van der Waals surface area contributed by atoms with Gasteiger partial charge in [0.25, 0.3) is 0 Å². The second-order valence-corrected chi connectivity index (χ2v) is 4.84. The molecular formula is C14H19F3N2O. The highest BCUT2D eigenvalue weighted by molar-refractivity contribution is 5.30. The highest BCUT2D eigenvalue weighted by Gasteiger charge is 2.27.